The third-order valence-corrected chi connectivity index (χ3v) is 2.85. The van der Waals surface area contributed by atoms with Crippen molar-refractivity contribution in [1.29, 1.82) is 0 Å². The maximum absolute atomic E-state index is 12.0. The lowest BCUT2D eigenvalue weighted by Gasteiger charge is -2.06. The Hall–Kier alpha value is -2.50. The van der Waals surface area contributed by atoms with Gasteiger partial charge in [0, 0.05) is 11.3 Å². The first-order valence-corrected chi connectivity index (χ1v) is 5.83. The van der Waals surface area contributed by atoms with Gasteiger partial charge in [-0.15, -0.1) is 5.10 Å². The molecule has 3 N–H and O–H groups in total. The number of rotatable bonds is 2. The topological polar surface area (TPSA) is 93.8 Å². The van der Waals surface area contributed by atoms with E-state index in [9.17, 15) is 4.79 Å². The molecule has 0 saturated heterocycles. The Labute approximate surface area is 111 Å². The van der Waals surface area contributed by atoms with Gasteiger partial charge >= 0.3 is 0 Å². The minimum atomic E-state index is -0.284. The largest absolute Gasteiger partial charge is 0.399 e. The van der Waals surface area contributed by atoms with Crippen LogP contribution < -0.4 is 11.1 Å². The first kappa shape index (κ1) is 12.9. The van der Waals surface area contributed by atoms with Crippen LogP contribution in [0.5, 0.6) is 0 Å². The zero-order valence-electron chi connectivity index (χ0n) is 11.1. The number of nitrogens with two attached hydrogens (primary N) is 1. The van der Waals surface area contributed by atoms with Crippen LogP contribution in [-0.2, 0) is 0 Å². The van der Waals surface area contributed by atoms with Crippen molar-refractivity contribution in [2.45, 2.75) is 20.8 Å². The second-order valence-corrected chi connectivity index (χ2v) is 4.33. The molecule has 1 amide bonds. The molecule has 0 saturated carbocycles. The monoisotopic (exact) mass is 257 g/mol. The van der Waals surface area contributed by atoms with E-state index in [1.165, 1.54) is 0 Å². The molecule has 0 aliphatic carbocycles. The van der Waals surface area contributed by atoms with E-state index in [0.29, 0.717) is 11.3 Å². The molecule has 0 spiro atoms. The summed E-state index contributed by atoms with van der Waals surface area (Å²) in [5.74, 6) is -0.0873. The van der Waals surface area contributed by atoms with Crippen LogP contribution in [0.3, 0.4) is 0 Å². The Bertz CT molecular complexity index is 639. The Morgan fingerprint density at radius 1 is 1.16 bits per heavy atom. The normalized spacial score (nSPS) is 10.3. The lowest BCUT2D eigenvalue weighted by atomic mass is 10.1. The molecule has 0 atom stereocenters. The fraction of sp³-hybridized carbons (Fsp3) is 0.231. The Morgan fingerprint density at radius 2 is 1.89 bits per heavy atom. The van der Waals surface area contributed by atoms with Crippen molar-refractivity contribution in [2.75, 3.05) is 11.1 Å². The predicted molar refractivity (Wildman–Crippen MR) is 72.8 cm³/mol. The molecule has 0 aliphatic rings. The molecule has 0 aliphatic heterocycles. The predicted octanol–water partition coefficient (Wildman–Crippen LogP) is 1.63. The third kappa shape index (κ3) is 2.85. The standard InChI is InChI=1S/C13H15N5O/c1-7-6-10(4-5-11(7)14)12(19)16-13-15-8(2)9(3)17-18-13/h4-6H,14H2,1-3H3,(H,15,16,18,19). The molecule has 98 valence electrons. The van der Waals surface area contributed by atoms with E-state index in [4.69, 9.17) is 5.73 Å². The lowest BCUT2D eigenvalue weighted by Crippen LogP contribution is -2.16. The van der Waals surface area contributed by atoms with E-state index < -0.39 is 0 Å². The number of anilines is 2. The van der Waals surface area contributed by atoms with Crippen LogP contribution in [0, 0.1) is 20.8 Å². The maximum atomic E-state index is 12.0. The van der Waals surface area contributed by atoms with Crippen LogP contribution in [0.25, 0.3) is 0 Å². The Balaban J connectivity index is 2.20. The third-order valence-electron chi connectivity index (χ3n) is 2.85. The molecule has 1 aromatic carbocycles. The highest BCUT2D eigenvalue weighted by atomic mass is 16.1. The van der Waals surface area contributed by atoms with Crippen molar-refractivity contribution in [2.24, 2.45) is 0 Å². The van der Waals surface area contributed by atoms with Crippen molar-refractivity contribution in [3.8, 4) is 0 Å². The summed E-state index contributed by atoms with van der Waals surface area (Å²) in [5, 5.41) is 10.3. The minimum Gasteiger partial charge on any atom is -0.399 e. The maximum Gasteiger partial charge on any atom is 0.258 e. The van der Waals surface area contributed by atoms with E-state index in [0.717, 1.165) is 17.0 Å². The molecule has 0 fully saturated rings. The number of benzene rings is 1. The molecule has 2 aromatic rings. The Morgan fingerprint density at radius 3 is 2.53 bits per heavy atom. The van der Waals surface area contributed by atoms with Gasteiger partial charge in [-0.2, -0.15) is 5.10 Å². The van der Waals surface area contributed by atoms with Crippen LogP contribution >= 0.6 is 0 Å². The quantitative estimate of drug-likeness (QED) is 0.797. The minimum absolute atomic E-state index is 0.197. The van der Waals surface area contributed by atoms with Crippen molar-refractivity contribution < 1.29 is 4.79 Å². The SMILES string of the molecule is Cc1cc(C(=O)Nc2nnc(C)c(C)n2)ccc1N. The highest BCUT2D eigenvalue weighted by Gasteiger charge is 2.10. The van der Waals surface area contributed by atoms with Gasteiger partial charge in [-0.05, 0) is 44.5 Å². The summed E-state index contributed by atoms with van der Waals surface area (Å²) in [7, 11) is 0. The molecule has 0 bridgehead atoms. The molecular formula is C13H15N5O. The Kier molecular flexibility index (Phi) is 3.41. The van der Waals surface area contributed by atoms with Gasteiger partial charge in [0.2, 0.25) is 5.95 Å². The second-order valence-electron chi connectivity index (χ2n) is 4.33. The summed E-state index contributed by atoms with van der Waals surface area (Å²) in [6, 6.07) is 5.08. The van der Waals surface area contributed by atoms with Crippen molar-refractivity contribution in [3.63, 3.8) is 0 Å². The van der Waals surface area contributed by atoms with E-state index in [-0.39, 0.29) is 11.9 Å². The van der Waals surface area contributed by atoms with E-state index in [2.05, 4.69) is 20.5 Å². The number of aryl methyl sites for hydroxylation is 3. The number of carbonyl (C=O) groups is 1. The first-order chi connectivity index (χ1) is 8.97. The summed E-state index contributed by atoms with van der Waals surface area (Å²) >= 11 is 0. The second kappa shape index (κ2) is 5.01. The van der Waals surface area contributed by atoms with Gasteiger partial charge < -0.3 is 5.73 Å². The number of carbonyl (C=O) groups excluding carboxylic acids is 1. The van der Waals surface area contributed by atoms with Crippen molar-refractivity contribution in [1.82, 2.24) is 15.2 Å². The average Bonchev–Trinajstić information content (AvgIpc) is 2.37. The van der Waals surface area contributed by atoms with E-state index in [1.54, 1.807) is 18.2 Å². The van der Waals surface area contributed by atoms with E-state index >= 15 is 0 Å². The molecular weight excluding hydrogens is 242 g/mol. The molecule has 1 aromatic heterocycles. The first-order valence-electron chi connectivity index (χ1n) is 5.83. The number of hydrogen-bond acceptors (Lipinski definition) is 5. The zero-order chi connectivity index (χ0) is 14.0. The molecule has 6 heteroatoms. The smallest absolute Gasteiger partial charge is 0.258 e. The van der Waals surface area contributed by atoms with Gasteiger partial charge in [0.05, 0.1) is 11.4 Å². The van der Waals surface area contributed by atoms with Crippen molar-refractivity contribution >= 4 is 17.5 Å². The van der Waals surface area contributed by atoms with Gasteiger partial charge in [0.15, 0.2) is 0 Å². The summed E-state index contributed by atoms with van der Waals surface area (Å²) in [6.07, 6.45) is 0. The highest BCUT2D eigenvalue weighted by Crippen LogP contribution is 2.13. The zero-order valence-corrected chi connectivity index (χ0v) is 11.1. The molecule has 19 heavy (non-hydrogen) atoms. The highest BCUT2D eigenvalue weighted by molar-refractivity contribution is 6.03. The molecule has 1 heterocycles. The lowest BCUT2D eigenvalue weighted by molar-refractivity contribution is 0.102. The number of hydrogen-bond donors (Lipinski definition) is 2. The number of nitrogen functional groups attached to an aromatic ring is 1. The van der Waals surface area contributed by atoms with Gasteiger partial charge in [0.25, 0.3) is 5.91 Å². The summed E-state index contributed by atoms with van der Waals surface area (Å²) in [4.78, 5) is 16.2. The van der Waals surface area contributed by atoms with Crippen molar-refractivity contribution in [3.05, 3.63) is 40.7 Å². The summed E-state index contributed by atoms with van der Waals surface area (Å²) < 4.78 is 0. The molecule has 0 radical (unpaired) electrons. The number of nitrogens with one attached hydrogen (secondary N) is 1. The van der Waals surface area contributed by atoms with Gasteiger partial charge in [-0.25, -0.2) is 4.98 Å². The molecule has 6 nitrogen and oxygen atoms in total. The van der Waals surface area contributed by atoms with Crippen LogP contribution in [0.1, 0.15) is 27.3 Å². The average molecular weight is 257 g/mol. The van der Waals surface area contributed by atoms with Gasteiger partial charge in [0.1, 0.15) is 0 Å². The van der Waals surface area contributed by atoms with Crippen LogP contribution in [0.4, 0.5) is 11.6 Å². The fourth-order valence-electron chi connectivity index (χ4n) is 1.50. The fourth-order valence-corrected chi connectivity index (χ4v) is 1.50. The van der Waals surface area contributed by atoms with Gasteiger partial charge in [-0.1, -0.05) is 0 Å². The molecule has 2 rings (SSSR count). The van der Waals surface area contributed by atoms with Gasteiger partial charge in [-0.3, -0.25) is 10.1 Å². The summed E-state index contributed by atoms with van der Waals surface area (Å²) in [6.45, 7) is 5.47. The number of amides is 1. The number of nitrogens with zero attached hydrogens (tertiary/aromatic N) is 3. The van der Waals surface area contributed by atoms with Crippen LogP contribution in [0.2, 0.25) is 0 Å². The molecule has 0 unspecified atom stereocenters. The number of aromatic nitrogens is 3. The van der Waals surface area contributed by atoms with E-state index in [1.807, 2.05) is 20.8 Å². The van der Waals surface area contributed by atoms with Crippen LogP contribution in [0.15, 0.2) is 18.2 Å². The summed E-state index contributed by atoms with van der Waals surface area (Å²) in [5.41, 5.74) is 9.20. The van der Waals surface area contributed by atoms with Crippen LogP contribution in [-0.4, -0.2) is 21.1 Å².